The number of rotatable bonds is 3. The first kappa shape index (κ1) is 12.6. The SMILES string of the molecule is C/C=C\C(=O)OC1CC(C)CC(C)(C2CN2)C1. The summed E-state index contributed by atoms with van der Waals surface area (Å²) in [6.07, 6.45) is 6.57. The van der Waals surface area contributed by atoms with Crippen LogP contribution in [0.2, 0.25) is 0 Å². The molecule has 1 aliphatic carbocycles. The lowest BCUT2D eigenvalue weighted by atomic mass is 9.68. The molecule has 1 aliphatic heterocycles. The normalized spacial score (nSPS) is 41.5. The Hall–Kier alpha value is -0.830. The zero-order valence-corrected chi connectivity index (χ0v) is 11.0. The van der Waals surface area contributed by atoms with Gasteiger partial charge in [0.15, 0.2) is 0 Å². The minimum Gasteiger partial charge on any atom is -0.459 e. The zero-order valence-electron chi connectivity index (χ0n) is 11.0. The molecule has 1 saturated carbocycles. The van der Waals surface area contributed by atoms with Crippen molar-refractivity contribution in [3.63, 3.8) is 0 Å². The largest absolute Gasteiger partial charge is 0.459 e. The molecule has 96 valence electrons. The van der Waals surface area contributed by atoms with Crippen molar-refractivity contribution in [1.29, 1.82) is 0 Å². The number of carbonyl (C=O) groups excluding carboxylic acids is 1. The molecule has 0 aromatic carbocycles. The van der Waals surface area contributed by atoms with Gasteiger partial charge in [-0.2, -0.15) is 0 Å². The number of carbonyl (C=O) groups is 1. The molecule has 3 nitrogen and oxygen atoms in total. The minimum atomic E-state index is -0.197. The fourth-order valence-electron chi connectivity index (χ4n) is 3.28. The highest BCUT2D eigenvalue weighted by Gasteiger charge is 2.46. The fraction of sp³-hybridized carbons (Fsp3) is 0.786. The summed E-state index contributed by atoms with van der Waals surface area (Å²) < 4.78 is 5.52. The second kappa shape index (κ2) is 4.81. The maximum absolute atomic E-state index is 11.5. The van der Waals surface area contributed by atoms with E-state index in [4.69, 9.17) is 4.74 Å². The molecular weight excluding hydrogens is 214 g/mol. The van der Waals surface area contributed by atoms with Gasteiger partial charge < -0.3 is 10.1 Å². The average Bonchev–Trinajstić information content (AvgIpc) is 2.98. The number of allylic oxidation sites excluding steroid dienone is 1. The van der Waals surface area contributed by atoms with E-state index in [1.807, 2.05) is 6.92 Å². The summed E-state index contributed by atoms with van der Waals surface area (Å²) >= 11 is 0. The summed E-state index contributed by atoms with van der Waals surface area (Å²) in [6, 6.07) is 0.633. The predicted octanol–water partition coefficient (Wildman–Crippen LogP) is 2.27. The van der Waals surface area contributed by atoms with E-state index in [2.05, 4.69) is 19.2 Å². The van der Waals surface area contributed by atoms with Gasteiger partial charge in [-0.25, -0.2) is 4.79 Å². The van der Waals surface area contributed by atoms with Crippen LogP contribution in [0.1, 0.15) is 40.0 Å². The summed E-state index contributed by atoms with van der Waals surface area (Å²) in [4.78, 5) is 11.5. The molecule has 4 atom stereocenters. The zero-order chi connectivity index (χ0) is 12.5. The van der Waals surface area contributed by atoms with E-state index in [1.165, 1.54) is 12.5 Å². The second-order valence-electron chi connectivity index (χ2n) is 5.92. The Morgan fingerprint density at radius 2 is 2.18 bits per heavy atom. The van der Waals surface area contributed by atoms with E-state index in [9.17, 15) is 4.79 Å². The van der Waals surface area contributed by atoms with Crippen LogP contribution < -0.4 is 5.32 Å². The van der Waals surface area contributed by atoms with Gasteiger partial charge in [0, 0.05) is 18.7 Å². The van der Waals surface area contributed by atoms with Crippen LogP contribution in [0.15, 0.2) is 12.2 Å². The van der Waals surface area contributed by atoms with Gasteiger partial charge in [0.1, 0.15) is 6.10 Å². The monoisotopic (exact) mass is 237 g/mol. The van der Waals surface area contributed by atoms with Crippen LogP contribution in [0.5, 0.6) is 0 Å². The summed E-state index contributed by atoms with van der Waals surface area (Å²) in [5.41, 5.74) is 0.304. The molecule has 4 unspecified atom stereocenters. The molecule has 2 fully saturated rings. The molecule has 0 amide bonds. The average molecular weight is 237 g/mol. The van der Waals surface area contributed by atoms with Crippen LogP contribution >= 0.6 is 0 Å². The van der Waals surface area contributed by atoms with Gasteiger partial charge in [-0.1, -0.05) is 19.9 Å². The fourth-order valence-corrected chi connectivity index (χ4v) is 3.28. The lowest BCUT2D eigenvalue weighted by molar-refractivity contribution is -0.147. The second-order valence-corrected chi connectivity index (χ2v) is 5.92. The van der Waals surface area contributed by atoms with E-state index in [1.54, 1.807) is 6.08 Å². The summed E-state index contributed by atoms with van der Waals surface area (Å²) in [5, 5.41) is 3.41. The molecule has 17 heavy (non-hydrogen) atoms. The van der Waals surface area contributed by atoms with Crippen molar-refractivity contribution in [2.75, 3.05) is 6.54 Å². The molecule has 0 aromatic heterocycles. The van der Waals surface area contributed by atoms with Gasteiger partial charge in [-0.15, -0.1) is 0 Å². The quantitative estimate of drug-likeness (QED) is 0.465. The highest BCUT2D eigenvalue weighted by molar-refractivity contribution is 5.81. The van der Waals surface area contributed by atoms with E-state index < -0.39 is 0 Å². The summed E-state index contributed by atoms with van der Waals surface area (Å²) in [5.74, 6) is 0.442. The number of ether oxygens (including phenoxy) is 1. The molecule has 1 N–H and O–H groups in total. The molecular formula is C14H23NO2. The molecule has 0 spiro atoms. The van der Waals surface area contributed by atoms with Crippen molar-refractivity contribution in [2.45, 2.75) is 52.2 Å². The molecule has 1 heterocycles. The number of hydrogen-bond acceptors (Lipinski definition) is 3. The topological polar surface area (TPSA) is 48.2 Å². The molecule has 2 rings (SSSR count). The number of esters is 1. The van der Waals surface area contributed by atoms with Gasteiger partial charge in [0.2, 0.25) is 0 Å². The smallest absolute Gasteiger partial charge is 0.330 e. The standard InChI is InChI=1S/C14H23NO2/c1-4-5-13(16)17-11-6-10(2)7-14(3,8-11)12-9-15-12/h4-5,10-12,15H,6-9H2,1-3H3/b5-4-. The first-order valence-electron chi connectivity index (χ1n) is 6.60. The van der Waals surface area contributed by atoms with Gasteiger partial charge in [0.05, 0.1) is 0 Å². The summed E-state index contributed by atoms with van der Waals surface area (Å²) in [6.45, 7) is 7.54. The predicted molar refractivity (Wildman–Crippen MR) is 67.6 cm³/mol. The van der Waals surface area contributed by atoms with Crippen LogP contribution in [-0.4, -0.2) is 24.7 Å². The van der Waals surface area contributed by atoms with E-state index in [-0.39, 0.29) is 12.1 Å². The first-order valence-corrected chi connectivity index (χ1v) is 6.60. The Bertz CT molecular complexity index is 322. The van der Waals surface area contributed by atoms with Crippen LogP contribution in [0.25, 0.3) is 0 Å². The third-order valence-corrected chi connectivity index (χ3v) is 4.01. The van der Waals surface area contributed by atoms with Crippen LogP contribution in [-0.2, 0) is 9.53 Å². The summed E-state index contributed by atoms with van der Waals surface area (Å²) in [7, 11) is 0. The van der Waals surface area contributed by atoms with Crippen LogP contribution in [0.4, 0.5) is 0 Å². The highest BCUT2D eigenvalue weighted by Crippen LogP contribution is 2.45. The third kappa shape index (κ3) is 3.09. The van der Waals surface area contributed by atoms with Gasteiger partial charge in [-0.3, -0.25) is 0 Å². The third-order valence-electron chi connectivity index (χ3n) is 4.01. The Kier molecular flexibility index (Phi) is 3.57. The first-order chi connectivity index (χ1) is 8.03. The van der Waals surface area contributed by atoms with Crippen molar-refractivity contribution >= 4 is 5.97 Å². The molecule has 3 heteroatoms. The van der Waals surface area contributed by atoms with Gasteiger partial charge in [0.25, 0.3) is 0 Å². The van der Waals surface area contributed by atoms with E-state index in [0.29, 0.717) is 17.4 Å². The van der Waals surface area contributed by atoms with Gasteiger partial charge in [-0.05, 0) is 37.5 Å². The molecule has 2 aliphatic rings. The Labute approximate surface area is 104 Å². The lowest BCUT2D eigenvalue weighted by Crippen LogP contribution is -2.39. The van der Waals surface area contributed by atoms with E-state index in [0.717, 1.165) is 19.4 Å². The highest BCUT2D eigenvalue weighted by atomic mass is 16.5. The Morgan fingerprint density at radius 1 is 1.47 bits per heavy atom. The molecule has 0 aromatic rings. The lowest BCUT2D eigenvalue weighted by Gasteiger charge is -2.40. The maximum Gasteiger partial charge on any atom is 0.330 e. The van der Waals surface area contributed by atoms with Crippen LogP contribution in [0.3, 0.4) is 0 Å². The Morgan fingerprint density at radius 3 is 2.76 bits per heavy atom. The minimum absolute atomic E-state index is 0.0925. The van der Waals surface area contributed by atoms with Crippen molar-refractivity contribution in [2.24, 2.45) is 11.3 Å². The van der Waals surface area contributed by atoms with Gasteiger partial charge >= 0.3 is 5.97 Å². The Balaban J connectivity index is 1.96. The van der Waals surface area contributed by atoms with E-state index >= 15 is 0 Å². The maximum atomic E-state index is 11.5. The molecule has 1 saturated heterocycles. The number of hydrogen-bond donors (Lipinski definition) is 1. The van der Waals surface area contributed by atoms with Crippen molar-refractivity contribution < 1.29 is 9.53 Å². The van der Waals surface area contributed by atoms with Crippen molar-refractivity contribution in [3.05, 3.63) is 12.2 Å². The van der Waals surface area contributed by atoms with Crippen molar-refractivity contribution in [1.82, 2.24) is 5.32 Å². The molecule has 0 bridgehead atoms. The molecule has 0 radical (unpaired) electrons. The van der Waals surface area contributed by atoms with Crippen molar-refractivity contribution in [3.8, 4) is 0 Å². The van der Waals surface area contributed by atoms with Crippen LogP contribution in [0, 0.1) is 11.3 Å². The number of nitrogens with one attached hydrogen (secondary N) is 1.